The number of hydrogen-bond donors (Lipinski definition) is 3. The number of nitrogens with one attached hydrogen (secondary N) is 2. The molecule has 138 valence electrons. The van der Waals surface area contributed by atoms with Crippen LogP contribution in [0.1, 0.15) is 27.2 Å². The van der Waals surface area contributed by atoms with Crippen LogP contribution in [0.5, 0.6) is 0 Å². The minimum atomic E-state index is -0.894. The van der Waals surface area contributed by atoms with Gasteiger partial charge in [-0.15, -0.1) is 11.3 Å². The van der Waals surface area contributed by atoms with E-state index < -0.39 is 42.9 Å². The number of imide groups is 1. The summed E-state index contributed by atoms with van der Waals surface area (Å²) in [5.74, 6) is -2.70. The van der Waals surface area contributed by atoms with Gasteiger partial charge in [0.15, 0.2) is 6.61 Å². The molecule has 0 aromatic carbocycles. The first-order valence-corrected chi connectivity index (χ1v) is 8.66. The smallest absolute Gasteiger partial charge is 0.326 e. The zero-order chi connectivity index (χ0) is 18.8. The first kappa shape index (κ1) is 17.9. The molecule has 1 aromatic rings. The summed E-state index contributed by atoms with van der Waals surface area (Å²) in [5, 5.41) is 5.14. The Morgan fingerprint density at radius 1 is 1.27 bits per heavy atom. The number of thiophene rings is 1. The number of primary amides is 1. The second kappa shape index (κ2) is 7.12. The molecule has 3 rings (SSSR count). The number of nitrogens with two attached hydrogens (primary N) is 1. The molecule has 5 amide bonds. The third-order valence-electron chi connectivity index (χ3n) is 4.01. The monoisotopic (exact) mass is 380 g/mol. The number of ether oxygens (including phenoxy) is 1. The number of fused-ring (bicyclic) bond motifs is 1. The number of rotatable bonds is 6. The van der Waals surface area contributed by atoms with Crippen molar-refractivity contribution in [3.63, 3.8) is 0 Å². The average molecular weight is 380 g/mol. The zero-order valence-corrected chi connectivity index (χ0v) is 14.4. The fourth-order valence-electron chi connectivity index (χ4n) is 2.85. The minimum Gasteiger partial charge on any atom is -0.454 e. The number of urea groups is 1. The van der Waals surface area contributed by atoms with Gasteiger partial charge in [0.05, 0.1) is 12.1 Å². The summed E-state index contributed by atoms with van der Waals surface area (Å²) < 4.78 is 4.78. The van der Waals surface area contributed by atoms with Crippen LogP contribution in [0.25, 0.3) is 0 Å². The van der Waals surface area contributed by atoms with E-state index in [9.17, 15) is 24.0 Å². The van der Waals surface area contributed by atoms with Crippen molar-refractivity contribution in [1.82, 2.24) is 10.2 Å². The van der Waals surface area contributed by atoms with Gasteiger partial charge < -0.3 is 21.1 Å². The number of aryl methyl sites for hydroxylation is 1. The molecular weight excluding hydrogens is 364 g/mol. The van der Waals surface area contributed by atoms with E-state index in [1.807, 2.05) is 0 Å². The maximum atomic E-state index is 12.0. The van der Waals surface area contributed by atoms with Gasteiger partial charge in [0.1, 0.15) is 11.5 Å². The van der Waals surface area contributed by atoms with E-state index in [1.165, 1.54) is 11.3 Å². The lowest BCUT2D eigenvalue weighted by atomic mass is 10.1. The first-order valence-electron chi connectivity index (χ1n) is 7.85. The maximum Gasteiger partial charge on any atom is 0.326 e. The van der Waals surface area contributed by atoms with Crippen molar-refractivity contribution in [1.29, 1.82) is 0 Å². The van der Waals surface area contributed by atoms with Crippen molar-refractivity contribution >= 4 is 46.1 Å². The number of esters is 1. The number of amides is 5. The van der Waals surface area contributed by atoms with Crippen molar-refractivity contribution in [2.45, 2.75) is 19.3 Å². The van der Waals surface area contributed by atoms with E-state index in [0.717, 1.165) is 29.7 Å². The SMILES string of the molecule is NC(=O)c1c(NC(=O)COC(=O)CN2C(=O)CNC2=O)sc2c1CCC2. The fourth-order valence-corrected chi connectivity index (χ4v) is 4.16. The average Bonchev–Trinajstić information content (AvgIpc) is 3.23. The molecule has 0 saturated carbocycles. The van der Waals surface area contributed by atoms with Crippen LogP contribution in [0.4, 0.5) is 9.80 Å². The number of hydrogen-bond acceptors (Lipinski definition) is 7. The number of nitrogens with zero attached hydrogens (tertiary/aromatic N) is 1. The van der Waals surface area contributed by atoms with Crippen LogP contribution < -0.4 is 16.4 Å². The second-order valence-corrected chi connectivity index (χ2v) is 6.88. The Balaban J connectivity index is 1.55. The highest BCUT2D eigenvalue weighted by molar-refractivity contribution is 7.17. The summed E-state index contributed by atoms with van der Waals surface area (Å²) in [5.41, 5.74) is 6.58. The Hall–Kier alpha value is -2.95. The lowest BCUT2D eigenvalue weighted by Crippen LogP contribution is -2.37. The molecule has 0 radical (unpaired) electrons. The Labute approximate surface area is 151 Å². The van der Waals surface area contributed by atoms with E-state index in [1.54, 1.807) is 0 Å². The van der Waals surface area contributed by atoms with E-state index in [4.69, 9.17) is 10.5 Å². The summed E-state index contributed by atoms with van der Waals surface area (Å²) in [6, 6.07) is -0.685. The molecule has 10 nitrogen and oxygen atoms in total. The largest absolute Gasteiger partial charge is 0.454 e. The second-order valence-electron chi connectivity index (χ2n) is 5.77. The molecule has 11 heteroatoms. The number of carbonyl (C=O) groups is 5. The van der Waals surface area contributed by atoms with Crippen LogP contribution in [0.3, 0.4) is 0 Å². The highest BCUT2D eigenvalue weighted by Gasteiger charge is 2.31. The van der Waals surface area contributed by atoms with E-state index >= 15 is 0 Å². The molecule has 0 unspecified atom stereocenters. The van der Waals surface area contributed by atoms with Crippen LogP contribution in [-0.2, 0) is 32.0 Å². The fraction of sp³-hybridized carbons (Fsp3) is 0.400. The van der Waals surface area contributed by atoms with Crippen molar-refractivity contribution < 1.29 is 28.7 Å². The van der Waals surface area contributed by atoms with Gasteiger partial charge in [0.2, 0.25) is 0 Å². The van der Waals surface area contributed by atoms with E-state index in [-0.39, 0.29) is 6.54 Å². The highest BCUT2D eigenvalue weighted by atomic mass is 32.1. The Morgan fingerprint density at radius 2 is 2.04 bits per heavy atom. The summed E-state index contributed by atoms with van der Waals surface area (Å²) >= 11 is 1.29. The van der Waals surface area contributed by atoms with Crippen LogP contribution in [-0.4, -0.2) is 54.3 Å². The molecule has 4 N–H and O–H groups in total. The third-order valence-corrected chi connectivity index (χ3v) is 5.22. The Morgan fingerprint density at radius 3 is 2.69 bits per heavy atom. The molecule has 1 fully saturated rings. The predicted molar refractivity (Wildman–Crippen MR) is 89.6 cm³/mol. The lowest BCUT2D eigenvalue weighted by Gasteiger charge is -2.11. The molecular formula is C15H16N4O6S. The highest BCUT2D eigenvalue weighted by Crippen LogP contribution is 2.38. The van der Waals surface area contributed by atoms with Crippen molar-refractivity contribution in [3.8, 4) is 0 Å². The van der Waals surface area contributed by atoms with Gasteiger partial charge in [-0.2, -0.15) is 0 Å². The third kappa shape index (κ3) is 3.52. The van der Waals surface area contributed by atoms with Crippen LogP contribution >= 0.6 is 11.3 Å². The van der Waals surface area contributed by atoms with Crippen LogP contribution in [0, 0.1) is 0 Å². The normalized spacial score (nSPS) is 15.6. The summed E-state index contributed by atoms with van der Waals surface area (Å²) in [6.07, 6.45) is 2.51. The van der Waals surface area contributed by atoms with Gasteiger partial charge in [-0.3, -0.25) is 24.1 Å². The number of carbonyl (C=O) groups excluding carboxylic acids is 5. The van der Waals surface area contributed by atoms with Gasteiger partial charge in [0, 0.05) is 4.88 Å². The lowest BCUT2D eigenvalue weighted by molar-refractivity contribution is -0.149. The van der Waals surface area contributed by atoms with Crippen molar-refractivity contribution in [2.24, 2.45) is 5.73 Å². The molecule has 26 heavy (non-hydrogen) atoms. The predicted octanol–water partition coefficient (Wildman–Crippen LogP) is -0.631. The standard InChI is InChI=1S/C15H16N4O6S/c16-13(23)12-7-2-1-3-8(7)26-14(12)18-9(20)6-25-11(22)5-19-10(21)4-17-15(19)24/h1-6H2,(H2,16,23)(H,17,24)(H,18,20). The van der Waals surface area contributed by atoms with Gasteiger partial charge >= 0.3 is 12.0 Å². The molecule has 1 aliphatic carbocycles. The summed E-state index contributed by atoms with van der Waals surface area (Å²) in [7, 11) is 0. The minimum absolute atomic E-state index is 0.175. The molecule has 1 aromatic heterocycles. The van der Waals surface area contributed by atoms with Gasteiger partial charge in [0.25, 0.3) is 17.7 Å². The number of anilines is 1. The zero-order valence-electron chi connectivity index (χ0n) is 13.6. The molecule has 1 aliphatic heterocycles. The van der Waals surface area contributed by atoms with Crippen molar-refractivity contribution in [2.75, 3.05) is 25.0 Å². The topological polar surface area (TPSA) is 148 Å². The van der Waals surface area contributed by atoms with Gasteiger partial charge in [-0.1, -0.05) is 0 Å². The first-order chi connectivity index (χ1) is 12.4. The van der Waals surface area contributed by atoms with E-state index in [0.29, 0.717) is 15.5 Å². The Bertz CT molecular complexity index is 801. The summed E-state index contributed by atoms with van der Waals surface area (Å²) in [6.45, 7) is -1.35. The summed E-state index contributed by atoms with van der Waals surface area (Å²) in [4.78, 5) is 59.8. The Kier molecular flexibility index (Phi) is 4.89. The molecule has 2 aliphatic rings. The molecule has 0 atom stereocenters. The van der Waals surface area contributed by atoms with E-state index in [2.05, 4.69) is 10.6 Å². The van der Waals surface area contributed by atoms with Crippen molar-refractivity contribution in [3.05, 3.63) is 16.0 Å². The molecule has 2 heterocycles. The van der Waals surface area contributed by atoms with Gasteiger partial charge in [-0.05, 0) is 24.8 Å². The van der Waals surface area contributed by atoms with Crippen LogP contribution in [0.2, 0.25) is 0 Å². The molecule has 0 bridgehead atoms. The quantitative estimate of drug-likeness (QED) is 0.442. The van der Waals surface area contributed by atoms with Gasteiger partial charge in [-0.25, -0.2) is 4.79 Å². The molecule has 0 spiro atoms. The molecule has 1 saturated heterocycles. The van der Waals surface area contributed by atoms with Crippen LogP contribution in [0.15, 0.2) is 0 Å². The maximum absolute atomic E-state index is 12.0.